The molecule has 0 amide bonds. The van der Waals surface area contributed by atoms with Gasteiger partial charge in [-0.1, -0.05) is 11.8 Å². The van der Waals surface area contributed by atoms with Crippen molar-refractivity contribution in [1.29, 1.82) is 0 Å². The lowest BCUT2D eigenvalue weighted by Crippen LogP contribution is -2.34. The Hall–Kier alpha value is -1.50. The van der Waals surface area contributed by atoms with E-state index < -0.39 is 0 Å². The Morgan fingerprint density at radius 1 is 1.33 bits per heavy atom. The topological polar surface area (TPSA) is 32.7 Å². The molecule has 114 valence electrons. The highest BCUT2D eigenvalue weighted by Crippen LogP contribution is 2.34. The summed E-state index contributed by atoms with van der Waals surface area (Å²) in [6, 6.07) is 8.48. The lowest BCUT2D eigenvalue weighted by Gasteiger charge is -2.24. The van der Waals surface area contributed by atoms with Crippen LogP contribution in [0.15, 0.2) is 24.3 Å². The van der Waals surface area contributed by atoms with Gasteiger partial charge in [0.05, 0.1) is 6.61 Å². The van der Waals surface area contributed by atoms with Gasteiger partial charge in [-0.15, -0.1) is 0 Å². The third-order valence-electron chi connectivity index (χ3n) is 4.04. The first-order valence-electron chi connectivity index (χ1n) is 7.73. The molecule has 1 N–H and O–H groups in total. The summed E-state index contributed by atoms with van der Waals surface area (Å²) in [5.74, 6) is 7.70. The molecule has 1 atom stereocenters. The van der Waals surface area contributed by atoms with Crippen LogP contribution in [-0.4, -0.2) is 42.9 Å². The zero-order valence-corrected chi connectivity index (χ0v) is 13.0. The average molecular weight is 287 g/mol. The fourth-order valence-electron chi connectivity index (χ4n) is 2.30. The fourth-order valence-corrected chi connectivity index (χ4v) is 2.30. The van der Waals surface area contributed by atoms with Crippen molar-refractivity contribution in [1.82, 2.24) is 4.90 Å². The summed E-state index contributed by atoms with van der Waals surface area (Å²) >= 11 is 0. The van der Waals surface area contributed by atoms with Gasteiger partial charge in [0.25, 0.3) is 0 Å². The molecule has 1 unspecified atom stereocenters. The molecule has 0 spiro atoms. The zero-order chi connectivity index (χ0) is 15.1. The maximum Gasteiger partial charge on any atom is 0.119 e. The first kappa shape index (κ1) is 15.9. The van der Waals surface area contributed by atoms with E-state index in [1.807, 2.05) is 24.3 Å². The monoisotopic (exact) mass is 287 g/mol. The van der Waals surface area contributed by atoms with Gasteiger partial charge >= 0.3 is 0 Å². The molecular weight excluding hydrogens is 262 g/mol. The minimum Gasteiger partial charge on any atom is -0.492 e. The third kappa shape index (κ3) is 5.41. The molecule has 0 bridgehead atoms. The molecule has 3 nitrogen and oxygen atoms in total. The van der Waals surface area contributed by atoms with E-state index in [1.165, 1.54) is 12.8 Å². The fraction of sp³-hybridized carbons (Fsp3) is 0.556. The Morgan fingerprint density at radius 2 is 2.05 bits per heavy atom. The van der Waals surface area contributed by atoms with Gasteiger partial charge < -0.3 is 14.7 Å². The highest BCUT2D eigenvalue weighted by atomic mass is 16.5. The molecule has 3 heteroatoms. The largest absolute Gasteiger partial charge is 0.492 e. The van der Waals surface area contributed by atoms with Crippen molar-refractivity contribution in [2.24, 2.45) is 5.92 Å². The lowest BCUT2D eigenvalue weighted by atomic mass is 10.2. The highest BCUT2D eigenvalue weighted by Gasteiger charge is 2.30. The van der Waals surface area contributed by atoms with Crippen LogP contribution in [0.4, 0.5) is 0 Å². The Morgan fingerprint density at radius 3 is 2.67 bits per heavy atom. The molecule has 0 saturated heterocycles. The molecule has 2 rings (SSSR count). The third-order valence-corrected chi connectivity index (χ3v) is 4.04. The average Bonchev–Trinajstić information content (AvgIpc) is 3.33. The molecule has 1 aromatic carbocycles. The number of rotatable bonds is 7. The zero-order valence-electron chi connectivity index (χ0n) is 13.0. The summed E-state index contributed by atoms with van der Waals surface area (Å²) in [7, 11) is 2.17. The summed E-state index contributed by atoms with van der Waals surface area (Å²) in [6.45, 7) is 4.08. The smallest absolute Gasteiger partial charge is 0.119 e. The number of hydrogen-bond donors (Lipinski definition) is 1. The second kappa shape index (κ2) is 8.07. The maximum atomic E-state index is 8.68. The van der Waals surface area contributed by atoms with E-state index in [-0.39, 0.29) is 6.61 Å². The van der Waals surface area contributed by atoms with Gasteiger partial charge in [0, 0.05) is 24.6 Å². The van der Waals surface area contributed by atoms with Crippen LogP contribution >= 0.6 is 0 Å². The van der Waals surface area contributed by atoms with E-state index in [0.29, 0.717) is 19.1 Å². The summed E-state index contributed by atoms with van der Waals surface area (Å²) < 4.78 is 5.78. The van der Waals surface area contributed by atoms with Gasteiger partial charge in [0.1, 0.15) is 12.4 Å². The number of ether oxygens (including phenoxy) is 1. The number of aliphatic hydroxyl groups is 1. The van der Waals surface area contributed by atoms with Crippen LogP contribution in [0.3, 0.4) is 0 Å². The van der Waals surface area contributed by atoms with Crippen LogP contribution in [0, 0.1) is 17.8 Å². The molecule has 1 aromatic rings. The first-order chi connectivity index (χ1) is 10.2. The SMILES string of the molecule is CC(C1CC1)N(C)CCOc1ccc(C#CCCO)cc1. The van der Waals surface area contributed by atoms with Crippen molar-refractivity contribution in [2.75, 3.05) is 26.8 Å². The van der Waals surface area contributed by atoms with E-state index in [2.05, 4.69) is 30.7 Å². The number of aliphatic hydroxyl groups excluding tert-OH is 1. The Balaban J connectivity index is 1.72. The van der Waals surface area contributed by atoms with E-state index in [1.54, 1.807) is 0 Å². The Labute approximate surface area is 127 Å². The number of hydrogen-bond acceptors (Lipinski definition) is 3. The van der Waals surface area contributed by atoms with Crippen LogP contribution in [0.5, 0.6) is 5.75 Å². The maximum absolute atomic E-state index is 8.68. The van der Waals surface area contributed by atoms with E-state index in [9.17, 15) is 0 Å². The van der Waals surface area contributed by atoms with Crippen molar-refractivity contribution in [2.45, 2.75) is 32.2 Å². The molecule has 0 radical (unpaired) electrons. The van der Waals surface area contributed by atoms with Crippen molar-refractivity contribution in [3.63, 3.8) is 0 Å². The van der Waals surface area contributed by atoms with Crippen LogP contribution in [0.1, 0.15) is 31.7 Å². The molecule has 1 aliphatic carbocycles. The summed E-state index contributed by atoms with van der Waals surface area (Å²) in [5, 5.41) is 8.68. The van der Waals surface area contributed by atoms with Crippen molar-refractivity contribution < 1.29 is 9.84 Å². The molecule has 1 saturated carbocycles. The molecule has 1 fully saturated rings. The predicted octanol–water partition coefficient (Wildman–Crippen LogP) is 2.53. The van der Waals surface area contributed by atoms with Crippen molar-refractivity contribution >= 4 is 0 Å². The summed E-state index contributed by atoms with van der Waals surface area (Å²) in [6.07, 6.45) is 3.28. The van der Waals surface area contributed by atoms with Crippen molar-refractivity contribution in [3.05, 3.63) is 29.8 Å². The number of likely N-dealkylation sites (N-methyl/N-ethyl adjacent to an activating group) is 1. The van der Waals surface area contributed by atoms with Crippen LogP contribution in [0.2, 0.25) is 0 Å². The highest BCUT2D eigenvalue weighted by molar-refractivity contribution is 5.38. The van der Waals surface area contributed by atoms with Crippen LogP contribution < -0.4 is 4.74 Å². The van der Waals surface area contributed by atoms with Gasteiger partial charge in [-0.2, -0.15) is 0 Å². The van der Waals surface area contributed by atoms with E-state index in [4.69, 9.17) is 9.84 Å². The van der Waals surface area contributed by atoms with Gasteiger partial charge in [0.15, 0.2) is 0 Å². The minimum absolute atomic E-state index is 0.112. The molecule has 21 heavy (non-hydrogen) atoms. The van der Waals surface area contributed by atoms with Gasteiger partial charge in [-0.25, -0.2) is 0 Å². The Kier molecular flexibility index (Phi) is 6.10. The van der Waals surface area contributed by atoms with Gasteiger partial charge in [0.2, 0.25) is 0 Å². The quantitative estimate of drug-likeness (QED) is 0.782. The second-order valence-corrected chi connectivity index (χ2v) is 5.71. The molecule has 0 aromatic heterocycles. The summed E-state index contributed by atoms with van der Waals surface area (Å²) in [4.78, 5) is 2.38. The molecule has 1 aliphatic rings. The standard InChI is InChI=1S/C18H25NO2/c1-15(17-8-9-17)19(2)12-14-21-18-10-6-16(7-11-18)5-3-4-13-20/h6-7,10-11,15,17,20H,4,8-9,12-14H2,1-2H3. The minimum atomic E-state index is 0.112. The predicted molar refractivity (Wildman–Crippen MR) is 85.3 cm³/mol. The molecule has 0 aliphatic heterocycles. The van der Waals surface area contributed by atoms with Crippen LogP contribution in [0.25, 0.3) is 0 Å². The lowest BCUT2D eigenvalue weighted by molar-refractivity contribution is 0.186. The first-order valence-corrected chi connectivity index (χ1v) is 7.73. The number of benzene rings is 1. The Bertz CT molecular complexity index is 482. The van der Waals surface area contributed by atoms with E-state index >= 15 is 0 Å². The van der Waals surface area contributed by atoms with Gasteiger partial charge in [-0.3, -0.25) is 0 Å². The molecule has 0 heterocycles. The molecular formula is C18H25NO2. The summed E-state index contributed by atoms with van der Waals surface area (Å²) in [5.41, 5.74) is 0.954. The number of nitrogens with zero attached hydrogens (tertiary/aromatic N) is 1. The second-order valence-electron chi connectivity index (χ2n) is 5.71. The van der Waals surface area contributed by atoms with E-state index in [0.717, 1.165) is 23.8 Å². The van der Waals surface area contributed by atoms with Gasteiger partial charge in [-0.05, 0) is 57.0 Å². The normalized spacial score (nSPS) is 15.4. The van der Waals surface area contributed by atoms with Crippen LogP contribution in [-0.2, 0) is 0 Å². The van der Waals surface area contributed by atoms with Crippen molar-refractivity contribution in [3.8, 4) is 17.6 Å².